The van der Waals surface area contributed by atoms with Crippen molar-refractivity contribution in [2.24, 2.45) is 0 Å². The van der Waals surface area contributed by atoms with E-state index in [1.807, 2.05) is 16.3 Å². The number of hydrogen-bond donors (Lipinski definition) is 3. The molecule has 0 spiro atoms. The summed E-state index contributed by atoms with van der Waals surface area (Å²) in [5.74, 6) is -0.964. The van der Waals surface area contributed by atoms with Crippen molar-refractivity contribution >= 4 is 23.4 Å². The van der Waals surface area contributed by atoms with Crippen LogP contribution in [-0.4, -0.2) is 51.5 Å². The average molecular weight is 269 g/mol. The molecule has 0 aromatic carbocycles. The van der Waals surface area contributed by atoms with Crippen LogP contribution in [0.25, 0.3) is 6.08 Å². The van der Waals surface area contributed by atoms with Crippen LogP contribution in [0, 0.1) is 0 Å². The monoisotopic (exact) mass is 269 g/mol. The van der Waals surface area contributed by atoms with E-state index in [4.69, 9.17) is 5.11 Å². The van der Waals surface area contributed by atoms with Gasteiger partial charge in [-0.2, -0.15) is 0 Å². The zero-order valence-corrected chi connectivity index (χ0v) is 10.5. The second-order valence-electron chi connectivity index (χ2n) is 4.35. The lowest BCUT2D eigenvalue weighted by molar-refractivity contribution is -0.131. The smallest absolute Gasteiger partial charge is 0.328 e. The average Bonchev–Trinajstić information content (AvgIpc) is 2.85. The number of thiophene rings is 1. The van der Waals surface area contributed by atoms with Crippen molar-refractivity contribution < 1.29 is 20.1 Å². The first-order valence-corrected chi connectivity index (χ1v) is 6.49. The molecule has 98 valence electrons. The maximum atomic E-state index is 10.4. The Kier molecular flexibility index (Phi) is 4.13. The fraction of sp³-hybridized carbons (Fsp3) is 0.417. The van der Waals surface area contributed by atoms with Crippen LogP contribution in [0.15, 0.2) is 17.5 Å². The Morgan fingerprint density at radius 3 is 2.72 bits per heavy atom. The number of likely N-dealkylation sites (tertiary alicyclic amines) is 1. The summed E-state index contributed by atoms with van der Waals surface area (Å²) in [6.45, 7) is 1.61. The first-order chi connectivity index (χ1) is 8.54. The predicted octanol–water partition coefficient (Wildman–Crippen LogP) is 0.383. The molecule has 1 saturated heterocycles. The molecule has 1 aromatic heterocycles. The zero-order chi connectivity index (χ0) is 13.1. The molecule has 1 aliphatic rings. The molecule has 2 rings (SSSR count). The Hall–Kier alpha value is -1.21. The minimum absolute atomic E-state index is 0.472. The molecule has 0 radical (unpaired) electrons. The summed E-state index contributed by atoms with van der Waals surface area (Å²) in [6, 6.07) is 1.92. The number of aliphatic carboxylic acids is 1. The van der Waals surface area contributed by atoms with Gasteiger partial charge in [-0.25, -0.2) is 4.79 Å². The third kappa shape index (κ3) is 3.39. The lowest BCUT2D eigenvalue weighted by Crippen LogP contribution is -2.22. The van der Waals surface area contributed by atoms with Crippen molar-refractivity contribution in [1.82, 2.24) is 4.90 Å². The Balaban J connectivity index is 1.93. The fourth-order valence-corrected chi connectivity index (χ4v) is 2.83. The molecular weight excluding hydrogens is 254 g/mol. The van der Waals surface area contributed by atoms with Crippen LogP contribution in [0.2, 0.25) is 0 Å². The van der Waals surface area contributed by atoms with Crippen LogP contribution in [0.5, 0.6) is 0 Å². The molecule has 2 atom stereocenters. The van der Waals surface area contributed by atoms with E-state index >= 15 is 0 Å². The van der Waals surface area contributed by atoms with Gasteiger partial charge in [0.1, 0.15) is 0 Å². The highest BCUT2D eigenvalue weighted by molar-refractivity contribution is 7.10. The summed E-state index contributed by atoms with van der Waals surface area (Å²) in [4.78, 5) is 13.4. The number of aliphatic hydroxyl groups is 2. The van der Waals surface area contributed by atoms with Crippen molar-refractivity contribution in [3.05, 3.63) is 28.0 Å². The van der Waals surface area contributed by atoms with E-state index < -0.39 is 18.2 Å². The van der Waals surface area contributed by atoms with Gasteiger partial charge in [0.25, 0.3) is 0 Å². The maximum Gasteiger partial charge on any atom is 0.328 e. The molecule has 18 heavy (non-hydrogen) atoms. The molecule has 0 bridgehead atoms. The maximum absolute atomic E-state index is 10.4. The molecule has 1 fully saturated rings. The van der Waals surface area contributed by atoms with Crippen molar-refractivity contribution in [3.63, 3.8) is 0 Å². The van der Waals surface area contributed by atoms with Gasteiger partial charge in [-0.1, -0.05) is 0 Å². The molecule has 6 heteroatoms. The van der Waals surface area contributed by atoms with E-state index in [1.54, 1.807) is 17.4 Å². The minimum Gasteiger partial charge on any atom is -0.478 e. The summed E-state index contributed by atoms with van der Waals surface area (Å²) in [5, 5.41) is 29.3. The number of carbonyl (C=O) groups is 1. The quantitative estimate of drug-likeness (QED) is 0.689. The van der Waals surface area contributed by atoms with Gasteiger partial charge in [-0.05, 0) is 23.1 Å². The first-order valence-electron chi connectivity index (χ1n) is 5.61. The number of carboxylic acids is 1. The third-order valence-corrected chi connectivity index (χ3v) is 3.75. The Morgan fingerprint density at radius 1 is 1.44 bits per heavy atom. The third-order valence-electron chi connectivity index (χ3n) is 2.81. The van der Waals surface area contributed by atoms with Gasteiger partial charge >= 0.3 is 5.97 Å². The summed E-state index contributed by atoms with van der Waals surface area (Å²) >= 11 is 1.54. The van der Waals surface area contributed by atoms with Crippen molar-refractivity contribution in [2.75, 3.05) is 13.1 Å². The highest BCUT2D eigenvalue weighted by Crippen LogP contribution is 2.20. The Labute approximate surface area is 109 Å². The molecule has 1 aliphatic heterocycles. The summed E-state index contributed by atoms with van der Waals surface area (Å²) in [6.07, 6.45) is 1.32. The highest BCUT2D eigenvalue weighted by atomic mass is 32.1. The lowest BCUT2D eigenvalue weighted by atomic mass is 10.3. The van der Waals surface area contributed by atoms with Crippen molar-refractivity contribution in [3.8, 4) is 0 Å². The molecule has 2 unspecified atom stereocenters. The number of aliphatic hydroxyl groups excluding tert-OH is 2. The molecule has 0 amide bonds. The number of β-amino-alcohol motifs (C(OH)–C–C–N with tert-alkyl or cyclic N) is 2. The van der Waals surface area contributed by atoms with Gasteiger partial charge in [0.05, 0.1) is 12.2 Å². The second kappa shape index (κ2) is 5.62. The van der Waals surface area contributed by atoms with Crippen molar-refractivity contribution in [2.45, 2.75) is 18.8 Å². The van der Waals surface area contributed by atoms with Crippen LogP contribution < -0.4 is 0 Å². The van der Waals surface area contributed by atoms with Crippen LogP contribution >= 0.6 is 11.3 Å². The normalized spacial score (nSPS) is 25.0. The van der Waals surface area contributed by atoms with Crippen LogP contribution in [0.3, 0.4) is 0 Å². The largest absolute Gasteiger partial charge is 0.478 e. The van der Waals surface area contributed by atoms with E-state index in [1.165, 1.54) is 0 Å². The van der Waals surface area contributed by atoms with Crippen LogP contribution in [0.4, 0.5) is 0 Å². The standard InChI is InChI=1S/C12H15NO4S/c14-10-5-13(6-11(10)15)4-9-3-8(7-18-9)1-2-12(16)17/h1-3,7,10-11,14-15H,4-6H2,(H,16,17)/b2-1+. The van der Waals surface area contributed by atoms with Gasteiger partial charge in [-0.3, -0.25) is 4.90 Å². The van der Waals surface area contributed by atoms with Gasteiger partial charge in [-0.15, -0.1) is 11.3 Å². The number of nitrogens with zero attached hydrogens (tertiary/aromatic N) is 1. The highest BCUT2D eigenvalue weighted by Gasteiger charge is 2.29. The number of hydrogen-bond acceptors (Lipinski definition) is 5. The Morgan fingerprint density at radius 2 is 2.11 bits per heavy atom. The summed E-state index contributed by atoms with van der Waals surface area (Å²) < 4.78 is 0. The van der Waals surface area contributed by atoms with E-state index in [-0.39, 0.29) is 0 Å². The number of rotatable bonds is 4. The molecule has 1 aromatic rings. The van der Waals surface area contributed by atoms with Crippen LogP contribution in [-0.2, 0) is 11.3 Å². The molecule has 5 nitrogen and oxygen atoms in total. The molecule has 0 aliphatic carbocycles. The van der Waals surface area contributed by atoms with Gasteiger partial charge in [0.2, 0.25) is 0 Å². The van der Waals surface area contributed by atoms with Gasteiger partial charge < -0.3 is 15.3 Å². The molecule has 0 saturated carbocycles. The summed E-state index contributed by atoms with van der Waals surface area (Å²) in [5.41, 5.74) is 0.859. The van der Waals surface area contributed by atoms with E-state index in [0.29, 0.717) is 19.6 Å². The van der Waals surface area contributed by atoms with Gasteiger partial charge in [0.15, 0.2) is 0 Å². The van der Waals surface area contributed by atoms with E-state index in [2.05, 4.69) is 0 Å². The van der Waals surface area contributed by atoms with E-state index in [9.17, 15) is 15.0 Å². The minimum atomic E-state index is -0.964. The fourth-order valence-electron chi connectivity index (χ4n) is 1.93. The molecule has 2 heterocycles. The topological polar surface area (TPSA) is 81.0 Å². The second-order valence-corrected chi connectivity index (χ2v) is 5.34. The van der Waals surface area contributed by atoms with Crippen molar-refractivity contribution in [1.29, 1.82) is 0 Å². The zero-order valence-electron chi connectivity index (χ0n) is 9.69. The first kappa shape index (κ1) is 13.2. The predicted molar refractivity (Wildman–Crippen MR) is 68.3 cm³/mol. The number of carboxylic acid groups (broad SMARTS) is 1. The van der Waals surface area contributed by atoms with E-state index in [0.717, 1.165) is 16.5 Å². The lowest BCUT2D eigenvalue weighted by Gasteiger charge is -2.12. The van der Waals surface area contributed by atoms with Gasteiger partial charge in [0, 0.05) is 30.6 Å². The van der Waals surface area contributed by atoms with Crippen LogP contribution in [0.1, 0.15) is 10.4 Å². The molecular formula is C12H15NO4S. The SMILES string of the molecule is O=C(O)/C=C/c1csc(CN2CC(O)C(O)C2)c1. The summed E-state index contributed by atoms with van der Waals surface area (Å²) in [7, 11) is 0. The molecule has 3 N–H and O–H groups in total. The Bertz CT molecular complexity index is 447.